The maximum absolute atomic E-state index is 12.4. The molecule has 0 bridgehead atoms. The Morgan fingerprint density at radius 1 is 1.00 bits per heavy atom. The first kappa shape index (κ1) is 20.9. The Labute approximate surface area is 173 Å². The van der Waals surface area contributed by atoms with Crippen molar-refractivity contribution in [2.45, 2.75) is 45.1 Å². The van der Waals surface area contributed by atoms with Crippen molar-refractivity contribution in [3.8, 4) is 5.75 Å². The predicted octanol–water partition coefficient (Wildman–Crippen LogP) is 3.37. The summed E-state index contributed by atoms with van der Waals surface area (Å²) < 4.78 is 5.59. The van der Waals surface area contributed by atoms with E-state index in [0.29, 0.717) is 25.3 Å². The fourth-order valence-electron chi connectivity index (χ4n) is 3.61. The van der Waals surface area contributed by atoms with E-state index >= 15 is 0 Å². The number of piperidine rings is 1. The molecular formula is C24H30N2O3. The van der Waals surface area contributed by atoms with Gasteiger partial charge in [-0.2, -0.15) is 0 Å². The van der Waals surface area contributed by atoms with Crippen LogP contribution in [0.15, 0.2) is 54.6 Å². The zero-order valence-electron chi connectivity index (χ0n) is 17.1. The lowest BCUT2D eigenvalue weighted by Gasteiger charge is -2.32. The van der Waals surface area contributed by atoms with Crippen LogP contribution in [0.2, 0.25) is 0 Å². The van der Waals surface area contributed by atoms with Crippen molar-refractivity contribution in [1.82, 2.24) is 10.2 Å². The van der Waals surface area contributed by atoms with Gasteiger partial charge in [-0.3, -0.25) is 9.59 Å². The molecule has 1 saturated heterocycles. The second kappa shape index (κ2) is 10.6. The lowest BCUT2D eigenvalue weighted by atomic mass is 10.0. The van der Waals surface area contributed by atoms with E-state index in [1.54, 1.807) is 0 Å². The van der Waals surface area contributed by atoms with Crippen molar-refractivity contribution in [3.63, 3.8) is 0 Å². The van der Waals surface area contributed by atoms with Crippen molar-refractivity contribution in [2.24, 2.45) is 0 Å². The zero-order valence-corrected chi connectivity index (χ0v) is 17.1. The second-order valence-electron chi connectivity index (χ2n) is 7.57. The quantitative estimate of drug-likeness (QED) is 0.747. The average molecular weight is 395 g/mol. The van der Waals surface area contributed by atoms with E-state index in [-0.39, 0.29) is 24.5 Å². The summed E-state index contributed by atoms with van der Waals surface area (Å²) in [5, 5.41) is 3.03. The second-order valence-corrected chi connectivity index (χ2v) is 7.57. The Bertz CT molecular complexity index is 782. The van der Waals surface area contributed by atoms with Gasteiger partial charge >= 0.3 is 0 Å². The molecule has 0 radical (unpaired) electrons. The number of benzene rings is 2. The summed E-state index contributed by atoms with van der Waals surface area (Å²) in [6, 6.07) is 17.8. The van der Waals surface area contributed by atoms with Gasteiger partial charge in [0.15, 0.2) is 6.61 Å². The summed E-state index contributed by atoms with van der Waals surface area (Å²) in [4.78, 5) is 26.5. The number of nitrogens with zero attached hydrogens (tertiary/aromatic N) is 1. The number of likely N-dealkylation sites (tertiary alicyclic amines) is 1. The molecule has 2 amide bonds. The van der Waals surface area contributed by atoms with Crippen LogP contribution in [0.3, 0.4) is 0 Å². The van der Waals surface area contributed by atoms with Crippen LogP contribution in [-0.2, 0) is 22.4 Å². The minimum Gasteiger partial charge on any atom is -0.484 e. The van der Waals surface area contributed by atoms with Crippen molar-refractivity contribution in [1.29, 1.82) is 0 Å². The van der Waals surface area contributed by atoms with Crippen LogP contribution in [0.25, 0.3) is 0 Å². The third-order valence-corrected chi connectivity index (χ3v) is 5.24. The lowest BCUT2D eigenvalue weighted by Crippen LogP contribution is -2.47. The van der Waals surface area contributed by atoms with E-state index < -0.39 is 0 Å². The van der Waals surface area contributed by atoms with Crippen molar-refractivity contribution < 1.29 is 14.3 Å². The monoisotopic (exact) mass is 394 g/mol. The number of aryl methyl sites for hydroxylation is 1. The molecule has 1 aliphatic rings. The standard InChI is InChI=1S/C24H30N2O3/c1-2-6-19-9-11-22(12-10-19)29-18-23(27)25-21-13-15-26(16-14-21)24(28)17-20-7-4-3-5-8-20/h3-5,7-12,21H,2,6,13-18H2,1H3,(H,25,27). The Kier molecular flexibility index (Phi) is 7.68. The van der Waals surface area contributed by atoms with Gasteiger partial charge in [-0.15, -0.1) is 0 Å². The van der Waals surface area contributed by atoms with E-state index in [4.69, 9.17) is 4.74 Å². The summed E-state index contributed by atoms with van der Waals surface area (Å²) in [6.45, 7) is 3.52. The van der Waals surface area contributed by atoms with E-state index in [1.165, 1.54) is 5.56 Å². The molecule has 5 nitrogen and oxygen atoms in total. The molecular weight excluding hydrogens is 364 g/mol. The first-order valence-corrected chi connectivity index (χ1v) is 10.5. The van der Waals surface area contributed by atoms with Crippen LogP contribution in [0, 0.1) is 0 Å². The number of carbonyl (C=O) groups is 2. The Morgan fingerprint density at radius 2 is 1.69 bits per heavy atom. The third-order valence-electron chi connectivity index (χ3n) is 5.24. The number of hydrogen-bond acceptors (Lipinski definition) is 3. The summed E-state index contributed by atoms with van der Waals surface area (Å²) in [5.41, 5.74) is 2.31. The van der Waals surface area contributed by atoms with E-state index in [0.717, 1.165) is 31.2 Å². The fourth-order valence-corrected chi connectivity index (χ4v) is 3.61. The minimum absolute atomic E-state index is 0.0142. The maximum Gasteiger partial charge on any atom is 0.258 e. The fraction of sp³-hybridized carbons (Fsp3) is 0.417. The highest BCUT2D eigenvalue weighted by molar-refractivity contribution is 5.79. The molecule has 3 rings (SSSR count). The van der Waals surface area contributed by atoms with Crippen LogP contribution in [-0.4, -0.2) is 42.5 Å². The predicted molar refractivity (Wildman–Crippen MR) is 114 cm³/mol. The molecule has 0 aliphatic carbocycles. The molecule has 1 heterocycles. The molecule has 0 spiro atoms. The molecule has 154 valence electrons. The third kappa shape index (κ3) is 6.63. The molecule has 5 heteroatoms. The van der Waals surface area contributed by atoms with Gasteiger partial charge < -0.3 is 15.0 Å². The molecule has 1 aliphatic heterocycles. The minimum atomic E-state index is -0.114. The van der Waals surface area contributed by atoms with Gasteiger partial charge in [0.05, 0.1) is 6.42 Å². The number of amides is 2. The van der Waals surface area contributed by atoms with Gasteiger partial charge in [0.25, 0.3) is 5.91 Å². The van der Waals surface area contributed by atoms with Crippen LogP contribution in [0.4, 0.5) is 0 Å². The highest BCUT2D eigenvalue weighted by atomic mass is 16.5. The maximum atomic E-state index is 12.4. The number of hydrogen-bond donors (Lipinski definition) is 1. The summed E-state index contributed by atoms with van der Waals surface area (Å²) >= 11 is 0. The Balaban J connectivity index is 1.36. The molecule has 0 atom stereocenters. The SMILES string of the molecule is CCCc1ccc(OCC(=O)NC2CCN(C(=O)Cc3ccccc3)CC2)cc1. The molecule has 2 aromatic rings. The van der Waals surface area contributed by atoms with Gasteiger partial charge in [0.2, 0.25) is 5.91 Å². The molecule has 2 aromatic carbocycles. The van der Waals surface area contributed by atoms with Gasteiger partial charge in [-0.25, -0.2) is 0 Å². The van der Waals surface area contributed by atoms with Crippen LogP contribution in [0.1, 0.15) is 37.3 Å². The van der Waals surface area contributed by atoms with Gasteiger partial charge in [0.1, 0.15) is 5.75 Å². The number of carbonyl (C=O) groups excluding carboxylic acids is 2. The summed E-state index contributed by atoms with van der Waals surface area (Å²) in [7, 11) is 0. The molecule has 0 unspecified atom stereocenters. The molecule has 1 N–H and O–H groups in total. The topological polar surface area (TPSA) is 58.6 Å². The van der Waals surface area contributed by atoms with E-state index in [1.807, 2.05) is 59.5 Å². The van der Waals surface area contributed by atoms with Gasteiger partial charge in [0, 0.05) is 19.1 Å². The molecule has 29 heavy (non-hydrogen) atoms. The van der Waals surface area contributed by atoms with E-state index in [9.17, 15) is 9.59 Å². The zero-order chi connectivity index (χ0) is 20.5. The van der Waals surface area contributed by atoms with Gasteiger partial charge in [-0.1, -0.05) is 55.8 Å². The number of rotatable bonds is 8. The van der Waals surface area contributed by atoms with Crippen molar-refractivity contribution in [2.75, 3.05) is 19.7 Å². The molecule has 0 saturated carbocycles. The largest absolute Gasteiger partial charge is 0.484 e. The van der Waals surface area contributed by atoms with E-state index in [2.05, 4.69) is 12.2 Å². The number of ether oxygens (including phenoxy) is 1. The normalized spacial score (nSPS) is 14.4. The molecule has 0 aromatic heterocycles. The average Bonchev–Trinajstić information content (AvgIpc) is 2.75. The van der Waals surface area contributed by atoms with Crippen molar-refractivity contribution >= 4 is 11.8 Å². The van der Waals surface area contributed by atoms with Crippen LogP contribution >= 0.6 is 0 Å². The Hall–Kier alpha value is -2.82. The first-order chi connectivity index (χ1) is 14.1. The summed E-state index contributed by atoms with van der Waals surface area (Å²) in [5.74, 6) is 0.744. The van der Waals surface area contributed by atoms with Crippen LogP contribution < -0.4 is 10.1 Å². The van der Waals surface area contributed by atoms with Crippen molar-refractivity contribution in [3.05, 3.63) is 65.7 Å². The van der Waals surface area contributed by atoms with Crippen LogP contribution in [0.5, 0.6) is 5.75 Å². The number of nitrogens with one attached hydrogen (secondary N) is 1. The highest BCUT2D eigenvalue weighted by Gasteiger charge is 2.23. The van der Waals surface area contributed by atoms with Gasteiger partial charge in [-0.05, 0) is 42.5 Å². The highest BCUT2D eigenvalue weighted by Crippen LogP contribution is 2.14. The smallest absolute Gasteiger partial charge is 0.258 e. The molecule has 1 fully saturated rings. The Morgan fingerprint density at radius 3 is 2.34 bits per heavy atom. The lowest BCUT2D eigenvalue weighted by molar-refractivity contribution is -0.131. The first-order valence-electron chi connectivity index (χ1n) is 10.5. The summed E-state index contributed by atoms with van der Waals surface area (Å²) in [6.07, 6.45) is 4.14.